The summed E-state index contributed by atoms with van der Waals surface area (Å²) >= 11 is 0. The fourth-order valence-corrected chi connectivity index (χ4v) is 3.74. The van der Waals surface area contributed by atoms with Gasteiger partial charge in [0.1, 0.15) is 11.6 Å². The number of hydrogen-bond donors (Lipinski definition) is 2. The summed E-state index contributed by atoms with van der Waals surface area (Å²) in [6.07, 6.45) is 3.90. The first-order valence-corrected chi connectivity index (χ1v) is 8.95. The van der Waals surface area contributed by atoms with E-state index < -0.39 is 0 Å². The van der Waals surface area contributed by atoms with Crippen molar-refractivity contribution in [2.75, 3.05) is 26.2 Å². The van der Waals surface area contributed by atoms with E-state index >= 15 is 0 Å². The van der Waals surface area contributed by atoms with Gasteiger partial charge in [-0.3, -0.25) is 9.69 Å². The minimum atomic E-state index is -0.0265. The van der Waals surface area contributed by atoms with Crippen LogP contribution in [0.4, 0.5) is 0 Å². The van der Waals surface area contributed by atoms with Gasteiger partial charge in [0, 0.05) is 37.9 Å². The number of imidazole rings is 1. The second-order valence-electron chi connectivity index (χ2n) is 6.99. The zero-order valence-electron chi connectivity index (χ0n) is 14.5. The van der Waals surface area contributed by atoms with Crippen LogP contribution in [-0.4, -0.2) is 47.0 Å². The van der Waals surface area contributed by atoms with Crippen molar-refractivity contribution < 1.29 is 9.53 Å². The minimum absolute atomic E-state index is 0.0265. The Morgan fingerprint density at radius 3 is 3.24 bits per heavy atom. The Hall–Kier alpha value is -2.34. The van der Waals surface area contributed by atoms with Crippen molar-refractivity contribution >= 4 is 5.91 Å². The Balaban J connectivity index is 1.29. The molecule has 1 aromatic carbocycles. The maximum atomic E-state index is 12.5. The second kappa shape index (κ2) is 6.88. The third kappa shape index (κ3) is 3.54. The lowest BCUT2D eigenvalue weighted by Crippen LogP contribution is -2.31. The van der Waals surface area contributed by atoms with Gasteiger partial charge in [0.25, 0.3) is 5.91 Å². The van der Waals surface area contributed by atoms with Gasteiger partial charge in [0.2, 0.25) is 0 Å². The molecule has 1 atom stereocenters. The van der Waals surface area contributed by atoms with Crippen LogP contribution in [0.25, 0.3) is 0 Å². The molecular weight excluding hydrogens is 316 g/mol. The lowest BCUT2D eigenvalue weighted by Gasteiger charge is -2.15. The molecule has 0 bridgehead atoms. The van der Waals surface area contributed by atoms with Gasteiger partial charge in [0.15, 0.2) is 0 Å². The van der Waals surface area contributed by atoms with E-state index in [2.05, 4.69) is 20.2 Å². The Kier molecular flexibility index (Phi) is 4.44. The van der Waals surface area contributed by atoms with E-state index in [0.717, 1.165) is 55.3 Å². The number of ether oxygens (including phenoxy) is 1. The number of hydrogen-bond acceptors (Lipinski definition) is 4. The molecule has 3 heterocycles. The van der Waals surface area contributed by atoms with Gasteiger partial charge in [-0.15, -0.1) is 0 Å². The average molecular weight is 340 g/mol. The van der Waals surface area contributed by atoms with Crippen LogP contribution < -0.4 is 10.1 Å². The molecule has 0 spiro atoms. The van der Waals surface area contributed by atoms with Gasteiger partial charge in [0.05, 0.1) is 12.2 Å². The molecule has 2 aliphatic heterocycles. The van der Waals surface area contributed by atoms with Gasteiger partial charge in [-0.2, -0.15) is 0 Å². The van der Waals surface area contributed by atoms with Crippen molar-refractivity contribution in [1.82, 2.24) is 20.2 Å². The summed E-state index contributed by atoms with van der Waals surface area (Å²) in [5.74, 6) is 2.19. The first kappa shape index (κ1) is 16.1. The number of likely N-dealkylation sites (tertiary alicyclic amines) is 1. The molecule has 2 aliphatic rings. The number of H-pyrrole nitrogens is 1. The maximum absolute atomic E-state index is 12.5. The van der Waals surface area contributed by atoms with Gasteiger partial charge >= 0.3 is 0 Å². The third-order valence-corrected chi connectivity index (χ3v) is 5.03. The SMILES string of the molecule is Cc1ncc(CN2CCC(CNC(=O)c3cccc4c3OCC4)C2)[nH]1. The number of nitrogens with zero attached hydrogens (tertiary/aromatic N) is 2. The second-order valence-corrected chi connectivity index (χ2v) is 6.99. The summed E-state index contributed by atoms with van der Waals surface area (Å²) in [5, 5.41) is 3.09. The van der Waals surface area contributed by atoms with E-state index in [1.807, 2.05) is 31.3 Å². The van der Waals surface area contributed by atoms with Crippen LogP contribution in [0.3, 0.4) is 0 Å². The summed E-state index contributed by atoms with van der Waals surface area (Å²) in [6, 6.07) is 5.82. The van der Waals surface area contributed by atoms with E-state index in [4.69, 9.17) is 4.74 Å². The number of aryl methyl sites for hydroxylation is 1. The summed E-state index contributed by atoms with van der Waals surface area (Å²) in [7, 11) is 0. The molecule has 25 heavy (non-hydrogen) atoms. The zero-order valence-corrected chi connectivity index (χ0v) is 14.5. The van der Waals surface area contributed by atoms with Crippen LogP contribution in [0.5, 0.6) is 5.75 Å². The predicted octanol–water partition coefficient (Wildman–Crippen LogP) is 1.90. The number of carbonyl (C=O) groups excluding carboxylic acids is 1. The molecule has 1 aromatic heterocycles. The van der Waals surface area contributed by atoms with Crippen molar-refractivity contribution in [3.8, 4) is 5.75 Å². The van der Waals surface area contributed by atoms with Gasteiger partial charge in [-0.05, 0) is 37.4 Å². The molecule has 1 unspecified atom stereocenters. The van der Waals surface area contributed by atoms with E-state index in [1.54, 1.807) is 0 Å². The number of nitrogens with one attached hydrogen (secondary N) is 2. The molecule has 6 nitrogen and oxygen atoms in total. The first-order valence-electron chi connectivity index (χ1n) is 8.95. The molecule has 2 N–H and O–H groups in total. The number of aromatic amines is 1. The number of carbonyl (C=O) groups is 1. The van der Waals surface area contributed by atoms with Gasteiger partial charge in [-0.1, -0.05) is 12.1 Å². The highest BCUT2D eigenvalue weighted by Gasteiger charge is 2.25. The highest BCUT2D eigenvalue weighted by molar-refractivity contribution is 5.97. The number of fused-ring (bicyclic) bond motifs is 1. The molecule has 1 amide bonds. The van der Waals surface area contributed by atoms with Crippen molar-refractivity contribution in [1.29, 1.82) is 0 Å². The molecule has 6 heteroatoms. The molecule has 2 aromatic rings. The van der Waals surface area contributed by atoms with Crippen LogP contribution in [0.1, 0.15) is 33.9 Å². The fraction of sp³-hybridized carbons (Fsp3) is 0.474. The molecule has 4 rings (SSSR count). The van der Waals surface area contributed by atoms with Crippen LogP contribution in [0.2, 0.25) is 0 Å². The lowest BCUT2D eigenvalue weighted by atomic mass is 10.1. The predicted molar refractivity (Wildman–Crippen MR) is 94.7 cm³/mol. The Morgan fingerprint density at radius 2 is 2.40 bits per heavy atom. The maximum Gasteiger partial charge on any atom is 0.255 e. The fourth-order valence-electron chi connectivity index (χ4n) is 3.74. The number of rotatable bonds is 5. The van der Waals surface area contributed by atoms with E-state index in [9.17, 15) is 4.79 Å². The monoisotopic (exact) mass is 340 g/mol. The normalized spacial score (nSPS) is 19.6. The van der Waals surface area contributed by atoms with E-state index in [1.165, 1.54) is 0 Å². The molecule has 1 saturated heterocycles. The Morgan fingerprint density at radius 1 is 1.48 bits per heavy atom. The van der Waals surface area contributed by atoms with Crippen LogP contribution in [0, 0.1) is 12.8 Å². The lowest BCUT2D eigenvalue weighted by molar-refractivity contribution is 0.0944. The summed E-state index contributed by atoms with van der Waals surface area (Å²) < 4.78 is 5.63. The highest BCUT2D eigenvalue weighted by Crippen LogP contribution is 2.29. The van der Waals surface area contributed by atoms with Crippen LogP contribution in [0.15, 0.2) is 24.4 Å². The molecule has 1 fully saturated rings. The quantitative estimate of drug-likeness (QED) is 0.872. The topological polar surface area (TPSA) is 70.2 Å². The molecule has 132 valence electrons. The van der Waals surface area contributed by atoms with Crippen LogP contribution >= 0.6 is 0 Å². The van der Waals surface area contributed by atoms with Crippen molar-refractivity contribution in [3.05, 3.63) is 47.0 Å². The summed E-state index contributed by atoms with van der Waals surface area (Å²) in [6.45, 7) is 6.30. The standard InChI is InChI=1S/C19H24N4O2/c1-13-20-10-16(22-13)12-23-7-5-14(11-23)9-21-19(24)17-4-2-3-15-6-8-25-18(15)17/h2-4,10,14H,5-9,11-12H2,1H3,(H,20,22)(H,21,24). The molecule has 0 aliphatic carbocycles. The average Bonchev–Trinajstić information content (AvgIpc) is 3.33. The highest BCUT2D eigenvalue weighted by atomic mass is 16.5. The van der Waals surface area contributed by atoms with Gasteiger partial charge < -0.3 is 15.0 Å². The van der Waals surface area contributed by atoms with Crippen LogP contribution in [-0.2, 0) is 13.0 Å². The van der Waals surface area contributed by atoms with Crippen molar-refractivity contribution in [2.24, 2.45) is 5.92 Å². The molecule has 0 radical (unpaired) electrons. The zero-order chi connectivity index (χ0) is 17.2. The molecular formula is C19H24N4O2. The van der Waals surface area contributed by atoms with E-state index in [0.29, 0.717) is 24.6 Å². The molecule has 0 saturated carbocycles. The number of amides is 1. The Labute approximate surface area is 147 Å². The largest absolute Gasteiger partial charge is 0.492 e. The first-order chi connectivity index (χ1) is 12.2. The number of aromatic nitrogens is 2. The third-order valence-electron chi connectivity index (χ3n) is 5.03. The van der Waals surface area contributed by atoms with Crippen molar-refractivity contribution in [2.45, 2.75) is 26.3 Å². The van der Waals surface area contributed by atoms with Crippen molar-refractivity contribution in [3.63, 3.8) is 0 Å². The Bertz CT molecular complexity index is 771. The summed E-state index contributed by atoms with van der Waals surface area (Å²) in [5.41, 5.74) is 2.95. The number of para-hydroxylation sites is 1. The number of benzene rings is 1. The minimum Gasteiger partial charge on any atom is -0.492 e. The smallest absolute Gasteiger partial charge is 0.255 e. The van der Waals surface area contributed by atoms with Gasteiger partial charge in [-0.25, -0.2) is 4.98 Å². The van der Waals surface area contributed by atoms with E-state index in [-0.39, 0.29) is 5.91 Å². The summed E-state index contributed by atoms with van der Waals surface area (Å²) in [4.78, 5) is 22.5.